The molecule has 1 fully saturated rings. The summed E-state index contributed by atoms with van der Waals surface area (Å²) in [5.41, 5.74) is 1.29. The molecule has 1 unspecified atom stereocenters. The van der Waals surface area contributed by atoms with Gasteiger partial charge in [0.15, 0.2) is 6.04 Å². The van der Waals surface area contributed by atoms with E-state index in [4.69, 9.17) is 4.74 Å². The molecule has 1 aliphatic carbocycles. The Morgan fingerprint density at radius 3 is 2.74 bits per heavy atom. The number of nitrogens with zero attached hydrogens (tertiary/aromatic N) is 2. The molecule has 0 bridgehead atoms. The van der Waals surface area contributed by atoms with E-state index in [9.17, 15) is 14.7 Å². The molecule has 120 valence electrons. The van der Waals surface area contributed by atoms with Crippen LogP contribution in [0.25, 0.3) is 0 Å². The molecule has 0 saturated heterocycles. The van der Waals surface area contributed by atoms with Crippen LogP contribution in [0.15, 0.2) is 42.9 Å². The number of benzene rings is 1. The van der Waals surface area contributed by atoms with Crippen LogP contribution in [0, 0.1) is 0 Å². The molecule has 1 aliphatic rings. The second kappa shape index (κ2) is 6.51. The third-order valence-corrected chi connectivity index (χ3v) is 3.65. The van der Waals surface area contributed by atoms with Crippen LogP contribution in [0.1, 0.15) is 36.2 Å². The highest BCUT2D eigenvalue weighted by Crippen LogP contribution is 2.36. The zero-order chi connectivity index (χ0) is 16.2. The Morgan fingerprint density at radius 2 is 2.09 bits per heavy atom. The summed E-state index contributed by atoms with van der Waals surface area (Å²) in [6, 6.07) is 8.28. The Labute approximate surface area is 132 Å². The van der Waals surface area contributed by atoms with Gasteiger partial charge >= 0.3 is 12.1 Å². The molecular formula is C16H17N3O4. The number of nitrogens with one attached hydrogen (secondary N) is 1. The van der Waals surface area contributed by atoms with Gasteiger partial charge in [-0.25, -0.2) is 14.6 Å². The first kappa shape index (κ1) is 15.1. The van der Waals surface area contributed by atoms with Crippen molar-refractivity contribution in [3.8, 4) is 0 Å². The largest absolute Gasteiger partial charge is 0.479 e. The Bertz CT molecular complexity index is 694. The smallest absolute Gasteiger partial charge is 0.408 e. The lowest BCUT2D eigenvalue weighted by atomic mass is 10.2. The molecule has 1 saturated carbocycles. The maximum absolute atomic E-state index is 11.9. The number of amides is 1. The highest BCUT2D eigenvalue weighted by Gasteiger charge is 2.32. The minimum Gasteiger partial charge on any atom is -0.479 e. The third-order valence-electron chi connectivity index (χ3n) is 3.65. The SMILES string of the molecule is O=C(NC(C(=O)O)c1cncn1C1CC1)OCc1ccccc1. The van der Waals surface area contributed by atoms with Gasteiger partial charge in [-0.1, -0.05) is 30.3 Å². The Balaban J connectivity index is 1.64. The maximum atomic E-state index is 11.9. The Kier molecular flexibility index (Phi) is 4.27. The lowest BCUT2D eigenvalue weighted by Crippen LogP contribution is -2.35. The first-order chi connectivity index (χ1) is 11.1. The van der Waals surface area contributed by atoms with Gasteiger partial charge in [-0.2, -0.15) is 0 Å². The van der Waals surface area contributed by atoms with E-state index in [1.807, 2.05) is 30.3 Å². The maximum Gasteiger partial charge on any atom is 0.408 e. The number of hydrogen-bond donors (Lipinski definition) is 2. The molecule has 23 heavy (non-hydrogen) atoms. The lowest BCUT2D eigenvalue weighted by Gasteiger charge is -2.16. The van der Waals surface area contributed by atoms with Crippen molar-refractivity contribution in [3.63, 3.8) is 0 Å². The molecule has 3 rings (SSSR count). The molecule has 0 aliphatic heterocycles. The number of ether oxygens (including phenoxy) is 1. The van der Waals surface area contributed by atoms with Crippen molar-refractivity contribution in [2.45, 2.75) is 31.5 Å². The van der Waals surface area contributed by atoms with E-state index < -0.39 is 18.1 Å². The molecule has 1 aromatic carbocycles. The third kappa shape index (κ3) is 3.68. The number of carbonyl (C=O) groups is 2. The van der Waals surface area contributed by atoms with Gasteiger partial charge in [0.1, 0.15) is 6.61 Å². The molecule has 2 aromatic rings. The summed E-state index contributed by atoms with van der Waals surface area (Å²) in [5.74, 6) is -1.15. The van der Waals surface area contributed by atoms with E-state index >= 15 is 0 Å². The number of carboxylic acids is 1. The van der Waals surface area contributed by atoms with Gasteiger partial charge in [-0.15, -0.1) is 0 Å². The molecule has 1 amide bonds. The van der Waals surface area contributed by atoms with Gasteiger partial charge < -0.3 is 19.7 Å². The number of imidazole rings is 1. The summed E-state index contributed by atoms with van der Waals surface area (Å²) in [6.45, 7) is 0.0842. The predicted octanol–water partition coefficient (Wildman–Crippen LogP) is 2.27. The van der Waals surface area contributed by atoms with Crippen molar-refractivity contribution in [2.24, 2.45) is 0 Å². The molecular weight excluding hydrogens is 298 g/mol. The van der Waals surface area contributed by atoms with Crippen LogP contribution < -0.4 is 5.32 Å². The van der Waals surface area contributed by atoms with E-state index in [1.54, 1.807) is 10.9 Å². The van der Waals surface area contributed by atoms with E-state index in [0.29, 0.717) is 5.69 Å². The number of aliphatic carboxylic acids is 1. The van der Waals surface area contributed by atoms with E-state index in [2.05, 4.69) is 10.3 Å². The average Bonchev–Trinajstić information content (AvgIpc) is 3.29. The first-order valence-electron chi connectivity index (χ1n) is 7.37. The van der Waals surface area contributed by atoms with Crippen molar-refractivity contribution in [1.29, 1.82) is 0 Å². The quantitative estimate of drug-likeness (QED) is 0.853. The van der Waals surface area contributed by atoms with Gasteiger partial charge in [0, 0.05) is 6.04 Å². The zero-order valence-electron chi connectivity index (χ0n) is 12.4. The van der Waals surface area contributed by atoms with E-state index in [0.717, 1.165) is 18.4 Å². The first-order valence-corrected chi connectivity index (χ1v) is 7.37. The highest BCUT2D eigenvalue weighted by atomic mass is 16.5. The Hall–Kier alpha value is -2.83. The molecule has 1 aromatic heterocycles. The van der Waals surface area contributed by atoms with Gasteiger partial charge in [0.05, 0.1) is 18.2 Å². The molecule has 7 nitrogen and oxygen atoms in total. The lowest BCUT2D eigenvalue weighted by molar-refractivity contribution is -0.139. The fraction of sp³-hybridized carbons (Fsp3) is 0.312. The molecule has 1 atom stereocenters. The molecule has 1 heterocycles. The van der Waals surface area contributed by atoms with Crippen LogP contribution in [-0.4, -0.2) is 26.7 Å². The van der Waals surface area contributed by atoms with Crippen LogP contribution in [-0.2, 0) is 16.1 Å². The van der Waals surface area contributed by atoms with Crippen LogP contribution >= 0.6 is 0 Å². The van der Waals surface area contributed by atoms with Gasteiger partial charge in [0.2, 0.25) is 0 Å². The number of carbonyl (C=O) groups excluding carboxylic acids is 1. The summed E-state index contributed by atoms with van der Waals surface area (Å²) in [7, 11) is 0. The average molecular weight is 315 g/mol. The highest BCUT2D eigenvalue weighted by molar-refractivity contribution is 5.80. The normalized spacial score (nSPS) is 15.0. The predicted molar refractivity (Wildman–Crippen MR) is 80.6 cm³/mol. The minimum absolute atomic E-state index is 0.0842. The number of carboxylic acid groups (broad SMARTS) is 1. The summed E-state index contributed by atoms with van der Waals surface area (Å²) in [5, 5.41) is 11.8. The number of rotatable bonds is 6. The standard InChI is InChI=1S/C16H17N3O4/c20-15(21)14(13-8-17-10-19(13)12-6-7-12)18-16(22)23-9-11-4-2-1-3-5-11/h1-5,8,10,12,14H,6-7,9H2,(H,18,22)(H,20,21). The van der Waals surface area contributed by atoms with Crippen LogP contribution in [0.4, 0.5) is 4.79 Å². The number of alkyl carbamates (subject to hydrolysis) is 1. The fourth-order valence-electron chi connectivity index (χ4n) is 2.34. The van der Waals surface area contributed by atoms with Crippen molar-refractivity contribution in [3.05, 3.63) is 54.1 Å². The van der Waals surface area contributed by atoms with Crippen LogP contribution in [0.2, 0.25) is 0 Å². The topological polar surface area (TPSA) is 93.5 Å². The van der Waals surface area contributed by atoms with Crippen LogP contribution in [0.5, 0.6) is 0 Å². The van der Waals surface area contributed by atoms with E-state index in [-0.39, 0.29) is 12.6 Å². The van der Waals surface area contributed by atoms with Crippen molar-refractivity contribution in [2.75, 3.05) is 0 Å². The summed E-state index contributed by atoms with van der Waals surface area (Å²) >= 11 is 0. The molecule has 7 heteroatoms. The minimum atomic E-state index is -1.18. The summed E-state index contributed by atoms with van der Waals surface area (Å²) in [4.78, 5) is 27.4. The Morgan fingerprint density at radius 1 is 1.35 bits per heavy atom. The molecule has 2 N–H and O–H groups in total. The van der Waals surface area contributed by atoms with Crippen molar-refractivity contribution in [1.82, 2.24) is 14.9 Å². The second-order valence-corrected chi connectivity index (χ2v) is 5.43. The van der Waals surface area contributed by atoms with Gasteiger partial charge in [-0.3, -0.25) is 0 Å². The zero-order valence-corrected chi connectivity index (χ0v) is 12.4. The second-order valence-electron chi connectivity index (χ2n) is 5.43. The molecule has 0 spiro atoms. The van der Waals surface area contributed by atoms with Crippen LogP contribution in [0.3, 0.4) is 0 Å². The fourth-order valence-corrected chi connectivity index (χ4v) is 2.34. The van der Waals surface area contributed by atoms with Gasteiger partial charge in [0.25, 0.3) is 0 Å². The summed E-state index contributed by atoms with van der Waals surface area (Å²) in [6.07, 6.45) is 4.28. The monoisotopic (exact) mass is 315 g/mol. The summed E-state index contributed by atoms with van der Waals surface area (Å²) < 4.78 is 6.88. The number of aromatic nitrogens is 2. The molecule has 0 radical (unpaired) electrons. The van der Waals surface area contributed by atoms with E-state index in [1.165, 1.54) is 6.20 Å². The van der Waals surface area contributed by atoms with Crippen molar-refractivity contribution >= 4 is 12.1 Å². The number of hydrogen-bond acceptors (Lipinski definition) is 4. The van der Waals surface area contributed by atoms with Gasteiger partial charge in [-0.05, 0) is 18.4 Å². The van der Waals surface area contributed by atoms with Crippen molar-refractivity contribution < 1.29 is 19.4 Å².